The zero-order valence-electron chi connectivity index (χ0n) is 18.3. The van der Waals surface area contributed by atoms with Gasteiger partial charge in [0.05, 0.1) is 12.2 Å². The fourth-order valence-electron chi connectivity index (χ4n) is 4.69. The van der Waals surface area contributed by atoms with E-state index in [-0.39, 0.29) is 23.9 Å². The normalized spacial score (nSPS) is 19.5. The Morgan fingerprint density at radius 1 is 1.03 bits per heavy atom. The largest absolute Gasteiger partial charge is 0.311 e. The zero-order chi connectivity index (χ0) is 23.3. The number of fused-ring (bicyclic) bond motifs is 2. The number of rotatable bonds is 3. The van der Waals surface area contributed by atoms with Gasteiger partial charge in [-0.25, -0.2) is 8.78 Å². The first-order chi connectivity index (χ1) is 15.8. The van der Waals surface area contributed by atoms with Crippen LogP contribution in [-0.4, -0.2) is 29.0 Å². The molecule has 2 heterocycles. The molecule has 1 saturated heterocycles. The van der Waals surface area contributed by atoms with Crippen LogP contribution in [0.5, 0.6) is 0 Å². The van der Waals surface area contributed by atoms with Gasteiger partial charge in [0.15, 0.2) is 4.87 Å². The lowest BCUT2D eigenvalue weighted by molar-refractivity contribution is -0.123. The molecule has 2 aliphatic rings. The maximum absolute atomic E-state index is 14.5. The molecule has 2 amide bonds. The van der Waals surface area contributed by atoms with Gasteiger partial charge in [-0.3, -0.25) is 9.59 Å². The standard InChI is InChI=1S/C26H22F2N2O2S/c1-16-10-11-23-20(14-16)26(25(32)29(23)15-19-21(27)8-5-9-22(19)28)30(12-13-33-26)24(31)18-7-4-3-6-17(18)2/h3-11,14H,12-13,15H2,1-2H3/t26-/m0/s1. The second kappa shape index (κ2) is 7.99. The van der Waals surface area contributed by atoms with Gasteiger partial charge in [-0.15, -0.1) is 11.8 Å². The van der Waals surface area contributed by atoms with E-state index in [2.05, 4.69) is 0 Å². The predicted octanol–water partition coefficient (Wildman–Crippen LogP) is 5.17. The molecule has 0 aromatic heterocycles. The van der Waals surface area contributed by atoms with Crippen molar-refractivity contribution < 1.29 is 18.4 Å². The molecular weight excluding hydrogens is 442 g/mol. The Hall–Kier alpha value is -3.19. The van der Waals surface area contributed by atoms with Gasteiger partial charge in [0, 0.05) is 29.0 Å². The number of halogens is 2. The molecule has 3 aromatic carbocycles. The summed E-state index contributed by atoms with van der Waals surface area (Å²) in [6.07, 6.45) is 0. The molecule has 2 aliphatic heterocycles. The minimum Gasteiger partial charge on any atom is -0.311 e. The highest BCUT2D eigenvalue weighted by molar-refractivity contribution is 8.01. The van der Waals surface area contributed by atoms with Crippen molar-refractivity contribution in [2.75, 3.05) is 17.2 Å². The van der Waals surface area contributed by atoms with E-state index in [1.165, 1.54) is 34.9 Å². The van der Waals surface area contributed by atoms with E-state index in [1.54, 1.807) is 23.1 Å². The zero-order valence-corrected chi connectivity index (χ0v) is 19.1. The van der Waals surface area contributed by atoms with Crippen LogP contribution in [0.15, 0.2) is 60.7 Å². The average Bonchev–Trinajstić information content (AvgIpc) is 3.33. The van der Waals surface area contributed by atoms with Gasteiger partial charge in [-0.1, -0.05) is 42.0 Å². The van der Waals surface area contributed by atoms with Gasteiger partial charge < -0.3 is 9.80 Å². The maximum Gasteiger partial charge on any atom is 0.268 e. The first-order valence-electron chi connectivity index (χ1n) is 10.7. The maximum atomic E-state index is 14.5. The highest BCUT2D eigenvalue weighted by Gasteiger charge is 2.59. The molecule has 33 heavy (non-hydrogen) atoms. The number of thioether (sulfide) groups is 1. The Labute approximate surface area is 195 Å². The molecule has 0 aliphatic carbocycles. The fourth-order valence-corrected chi connectivity index (χ4v) is 6.14. The van der Waals surface area contributed by atoms with Crippen LogP contribution in [-0.2, 0) is 16.2 Å². The molecule has 0 unspecified atom stereocenters. The molecule has 7 heteroatoms. The van der Waals surface area contributed by atoms with Crippen LogP contribution >= 0.6 is 11.8 Å². The van der Waals surface area contributed by atoms with Gasteiger partial charge in [-0.2, -0.15) is 0 Å². The number of benzene rings is 3. The lowest BCUT2D eigenvalue weighted by atomic mass is 10.0. The second-order valence-corrected chi connectivity index (χ2v) is 9.66. The van der Waals surface area contributed by atoms with Gasteiger partial charge >= 0.3 is 0 Å². The Morgan fingerprint density at radius 2 is 1.76 bits per heavy atom. The first-order valence-corrected chi connectivity index (χ1v) is 11.7. The highest BCUT2D eigenvalue weighted by atomic mass is 32.2. The van der Waals surface area contributed by atoms with E-state index < -0.39 is 16.5 Å². The van der Waals surface area contributed by atoms with Crippen molar-refractivity contribution in [3.05, 3.63) is 100 Å². The van der Waals surface area contributed by atoms with Crippen molar-refractivity contribution in [1.82, 2.24) is 4.90 Å². The third-order valence-electron chi connectivity index (χ3n) is 6.35. The minimum atomic E-state index is -1.26. The monoisotopic (exact) mass is 464 g/mol. The number of hydrogen-bond acceptors (Lipinski definition) is 3. The lowest BCUT2D eigenvalue weighted by Gasteiger charge is -2.33. The summed E-state index contributed by atoms with van der Waals surface area (Å²) in [7, 11) is 0. The summed E-state index contributed by atoms with van der Waals surface area (Å²) >= 11 is 1.40. The smallest absolute Gasteiger partial charge is 0.268 e. The number of hydrogen-bond donors (Lipinski definition) is 0. The predicted molar refractivity (Wildman–Crippen MR) is 125 cm³/mol. The summed E-state index contributed by atoms with van der Waals surface area (Å²) < 4.78 is 28.9. The van der Waals surface area contributed by atoms with Gasteiger partial charge in [0.1, 0.15) is 11.6 Å². The molecule has 3 aromatic rings. The van der Waals surface area contributed by atoms with Crippen LogP contribution in [0.4, 0.5) is 14.5 Å². The molecule has 1 spiro atoms. The molecule has 4 nitrogen and oxygen atoms in total. The van der Waals surface area contributed by atoms with E-state index in [9.17, 15) is 18.4 Å². The Bertz CT molecular complexity index is 1270. The van der Waals surface area contributed by atoms with Crippen molar-refractivity contribution in [3.8, 4) is 0 Å². The summed E-state index contributed by atoms with van der Waals surface area (Å²) in [6, 6.07) is 16.5. The minimum absolute atomic E-state index is 0.172. The van der Waals surface area contributed by atoms with Gasteiger partial charge in [0.25, 0.3) is 11.8 Å². The second-order valence-electron chi connectivity index (χ2n) is 8.38. The molecule has 168 valence electrons. The molecule has 1 fully saturated rings. The number of aryl methyl sites for hydroxylation is 2. The van der Waals surface area contributed by atoms with Crippen molar-refractivity contribution in [2.24, 2.45) is 0 Å². The lowest BCUT2D eigenvalue weighted by Crippen LogP contribution is -2.50. The van der Waals surface area contributed by atoms with Crippen LogP contribution in [0.1, 0.15) is 32.6 Å². The third kappa shape index (κ3) is 3.25. The van der Waals surface area contributed by atoms with Crippen molar-refractivity contribution >= 4 is 29.3 Å². The molecule has 0 radical (unpaired) electrons. The molecule has 0 bridgehead atoms. The number of nitrogens with zero attached hydrogens (tertiary/aromatic N) is 2. The number of carbonyl (C=O) groups is 2. The molecular formula is C26H22F2N2O2S. The average molecular weight is 465 g/mol. The summed E-state index contributed by atoms with van der Waals surface area (Å²) in [4.78, 5) is 29.5. The Morgan fingerprint density at radius 3 is 2.48 bits per heavy atom. The van der Waals surface area contributed by atoms with Crippen LogP contribution in [0.2, 0.25) is 0 Å². The number of anilines is 1. The Kier molecular flexibility index (Phi) is 5.24. The van der Waals surface area contributed by atoms with Crippen LogP contribution in [0.3, 0.4) is 0 Å². The van der Waals surface area contributed by atoms with Crippen molar-refractivity contribution in [1.29, 1.82) is 0 Å². The SMILES string of the molecule is Cc1ccc2c(c1)[C@]1(SCCN1C(=O)c1ccccc1C)C(=O)N2Cc1c(F)cccc1F. The van der Waals surface area contributed by atoms with E-state index >= 15 is 0 Å². The number of amides is 2. The van der Waals surface area contributed by atoms with E-state index in [0.29, 0.717) is 29.1 Å². The molecule has 0 saturated carbocycles. The molecule has 0 N–H and O–H groups in total. The molecule has 5 rings (SSSR count). The Balaban J connectivity index is 1.63. The summed E-state index contributed by atoms with van der Waals surface area (Å²) in [6.45, 7) is 3.94. The number of carbonyl (C=O) groups excluding carboxylic acids is 2. The van der Waals surface area contributed by atoms with Crippen LogP contribution in [0.25, 0.3) is 0 Å². The fraction of sp³-hybridized carbons (Fsp3) is 0.231. The quantitative estimate of drug-likeness (QED) is 0.537. The van der Waals surface area contributed by atoms with E-state index in [0.717, 1.165) is 11.1 Å². The third-order valence-corrected chi connectivity index (χ3v) is 7.77. The van der Waals surface area contributed by atoms with E-state index in [4.69, 9.17) is 0 Å². The van der Waals surface area contributed by atoms with Crippen LogP contribution < -0.4 is 4.90 Å². The topological polar surface area (TPSA) is 40.6 Å². The van der Waals surface area contributed by atoms with Crippen LogP contribution in [0, 0.1) is 25.5 Å². The first kappa shape index (κ1) is 21.6. The molecule has 1 atom stereocenters. The van der Waals surface area contributed by atoms with E-state index in [1.807, 2.05) is 38.1 Å². The van der Waals surface area contributed by atoms with Crippen molar-refractivity contribution in [2.45, 2.75) is 25.3 Å². The van der Waals surface area contributed by atoms with Gasteiger partial charge in [0.2, 0.25) is 0 Å². The summed E-state index contributed by atoms with van der Waals surface area (Å²) in [5.74, 6) is -1.40. The van der Waals surface area contributed by atoms with Gasteiger partial charge in [-0.05, 0) is 43.7 Å². The highest BCUT2D eigenvalue weighted by Crippen LogP contribution is 2.55. The summed E-state index contributed by atoms with van der Waals surface area (Å²) in [5, 5.41) is 0. The summed E-state index contributed by atoms with van der Waals surface area (Å²) in [5.41, 5.74) is 3.40. The van der Waals surface area contributed by atoms with Crippen molar-refractivity contribution in [3.63, 3.8) is 0 Å².